The van der Waals surface area contributed by atoms with Gasteiger partial charge in [0.15, 0.2) is 0 Å². The average molecular weight is 154 g/mol. The Kier molecular flexibility index (Phi) is 5.27. The maximum absolute atomic E-state index is 3.96. The van der Waals surface area contributed by atoms with Gasteiger partial charge in [-0.2, -0.15) is 0 Å². The van der Waals surface area contributed by atoms with Crippen molar-refractivity contribution in [3.05, 3.63) is 12.2 Å². The van der Waals surface area contributed by atoms with Crippen LogP contribution >= 0.6 is 0 Å². The van der Waals surface area contributed by atoms with E-state index in [0.717, 1.165) is 11.8 Å². The van der Waals surface area contributed by atoms with E-state index < -0.39 is 0 Å². The number of hydrogen-bond acceptors (Lipinski definition) is 0. The van der Waals surface area contributed by atoms with Crippen molar-refractivity contribution in [1.29, 1.82) is 0 Å². The standard InChI is InChI=1S/C11H22/c1-6-10(5)11(7-2)8-9(3)4/h10-11H,3,6-8H2,1-2,4-5H3. The third kappa shape index (κ3) is 4.23. The highest BCUT2D eigenvalue weighted by Crippen LogP contribution is 2.24. The van der Waals surface area contributed by atoms with Crippen molar-refractivity contribution < 1.29 is 0 Å². The first kappa shape index (κ1) is 10.7. The van der Waals surface area contributed by atoms with Crippen LogP contribution in [0, 0.1) is 11.8 Å². The summed E-state index contributed by atoms with van der Waals surface area (Å²) in [7, 11) is 0. The summed E-state index contributed by atoms with van der Waals surface area (Å²) >= 11 is 0. The Morgan fingerprint density at radius 1 is 1.27 bits per heavy atom. The van der Waals surface area contributed by atoms with Crippen molar-refractivity contribution in [1.82, 2.24) is 0 Å². The minimum Gasteiger partial charge on any atom is -0.100 e. The summed E-state index contributed by atoms with van der Waals surface area (Å²) in [5, 5.41) is 0. The molecule has 0 bridgehead atoms. The molecule has 0 aliphatic carbocycles. The highest BCUT2D eigenvalue weighted by Gasteiger charge is 2.12. The normalized spacial score (nSPS) is 16.0. The fourth-order valence-electron chi connectivity index (χ4n) is 1.53. The molecule has 0 nitrogen and oxygen atoms in total. The Hall–Kier alpha value is -0.260. The zero-order valence-corrected chi connectivity index (χ0v) is 8.48. The predicted octanol–water partition coefficient (Wildman–Crippen LogP) is 4.02. The fourth-order valence-corrected chi connectivity index (χ4v) is 1.53. The summed E-state index contributed by atoms with van der Waals surface area (Å²) in [4.78, 5) is 0. The zero-order chi connectivity index (χ0) is 8.85. The van der Waals surface area contributed by atoms with E-state index in [2.05, 4.69) is 34.3 Å². The Morgan fingerprint density at radius 3 is 2.09 bits per heavy atom. The maximum Gasteiger partial charge on any atom is -0.0295 e. The summed E-state index contributed by atoms with van der Waals surface area (Å²) in [6, 6.07) is 0. The van der Waals surface area contributed by atoms with Crippen LogP contribution < -0.4 is 0 Å². The number of hydrogen-bond donors (Lipinski definition) is 0. The Balaban J connectivity index is 3.84. The molecule has 0 aliphatic heterocycles. The molecule has 0 amide bonds. The molecule has 0 aromatic rings. The van der Waals surface area contributed by atoms with Gasteiger partial charge in [0, 0.05) is 0 Å². The van der Waals surface area contributed by atoms with Crippen molar-refractivity contribution in [3.63, 3.8) is 0 Å². The van der Waals surface area contributed by atoms with Gasteiger partial charge in [-0.1, -0.05) is 39.2 Å². The molecule has 2 atom stereocenters. The Morgan fingerprint density at radius 2 is 1.82 bits per heavy atom. The van der Waals surface area contributed by atoms with Gasteiger partial charge in [-0.15, -0.1) is 6.58 Å². The van der Waals surface area contributed by atoms with Crippen LogP contribution in [0.5, 0.6) is 0 Å². The lowest BCUT2D eigenvalue weighted by Gasteiger charge is -2.21. The summed E-state index contributed by atoms with van der Waals surface area (Å²) in [6.07, 6.45) is 3.80. The van der Waals surface area contributed by atoms with Gasteiger partial charge < -0.3 is 0 Å². The van der Waals surface area contributed by atoms with E-state index in [4.69, 9.17) is 0 Å². The molecule has 0 heterocycles. The van der Waals surface area contributed by atoms with E-state index in [1.807, 2.05) is 0 Å². The minimum atomic E-state index is 0.858. The van der Waals surface area contributed by atoms with E-state index in [0.29, 0.717) is 0 Å². The van der Waals surface area contributed by atoms with Gasteiger partial charge in [0.05, 0.1) is 0 Å². The van der Waals surface area contributed by atoms with Crippen LogP contribution in [0.15, 0.2) is 12.2 Å². The van der Waals surface area contributed by atoms with Gasteiger partial charge in [-0.05, 0) is 25.2 Å². The molecular formula is C11H22. The fraction of sp³-hybridized carbons (Fsp3) is 0.818. The molecule has 0 aromatic heterocycles. The molecular weight excluding hydrogens is 132 g/mol. The van der Waals surface area contributed by atoms with Crippen molar-refractivity contribution in [2.24, 2.45) is 11.8 Å². The third-order valence-electron chi connectivity index (χ3n) is 2.58. The SMILES string of the molecule is C=C(C)CC(CC)C(C)CC. The molecule has 0 heteroatoms. The number of rotatable bonds is 5. The van der Waals surface area contributed by atoms with Gasteiger partial charge in [0.2, 0.25) is 0 Å². The van der Waals surface area contributed by atoms with Crippen LogP contribution in [0.1, 0.15) is 47.0 Å². The Labute approximate surface area is 71.7 Å². The minimum absolute atomic E-state index is 0.858. The van der Waals surface area contributed by atoms with Crippen LogP contribution in [0.25, 0.3) is 0 Å². The molecule has 0 aliphatic rings. The second kappa shape index (κ2) is 5.40. The topological polar surface area (TPSA) is 0 Å². The average Bonchev–Trinajstić information content (AvgIpc) is 1.98. The summed E-state index contributed by atoms with van der Waals surface area (Å²) in [5.41, 5.74) is 1.33. The second-order valence-corrected chi connectivity index (χ2v) is 3.72. The van der Waals surface area contributed by atoms with E-state index in [9.17, 15) is 0 Å². The summed E-state index contributed by atoms with van der Waals surface area (Å²) < 4.78 is 0. The molecule has 0 rings (SSSR count). The van der Waals surface area contributed by atoms with E-state index in [-0.39, 0.29) is 0 Å². The second-order valence-electron chi connectivity index (χ2n) is 3.72. The summed E-state index contributed by atoms with van der Waals surface area (Å²) in [5.74, 6) is 1.72. The smallest absolute Gasteiger partial charge is 0.0295 e. The first-order valence-corrected chi connectivity index (χ1v) is 4.76. The Bertz CT molecular complexity index is 113. The quantitative estimate of drug-likeness (QED) is 0.524. The zero-order valence-electron chi connectivity index (χ0n) is 8.48. The monoisotopic (exact) mass is 154 g/mol. The van der Waals surface area contributed by atoms with Gasteiger partial charge in [-0.3, -0.25) is 0 Å². The highest BCUT2D eigenvalue weighted by atomic mass is 14.2. The van der Waals surface area contributed by atoms with Crippen LogP contribution in [-0.2, 0) is 0 Å². The van der Waals surface area contributed by atoms with Gasteiger partial charge >= 0.3 is 0 Å². The molecule has 0 fully saturated rings. The lowest BCUT2D eigenvalue weighted by atomic mass is 9.85. The van der Waals surface area contributed by atoms with Gasteiger partial charge in [0.25, 0.3) is 0 Å². The molecule has 0 saturated carbocycles. The lowest BCUT2D eigenvalue weighted by molar-refractivity contribution is 0.335. The van der Waals surface area contributed by atoms with Crippen LogP contribution in [-0.4, -0.2) is 0 Å². The van der Waals surface area contributed by atoms with Crippen molar-refractivity contribution in [3.8, 4) is 0 Å². The molecule has 11 heavy (non-hydrogen) atoms. The van der Waals surface area contributed by atoms with Crippen LogP contribution in [0.4, 0.5) is 0 Å². The molecule has 0 aromatic carbocycles. The highest BCUT2D eigenvalue weighted by molar-refractivity contribution is 4.91. The molecule has 0 saturated heterocycles. The molecule has 66 valence electrons. The van der Waals surface area contributed by atoms with E-state index in [1.54, 1.807) is 0 Å². The lowest BCUT2D eigenvalue weighted by Crippen LogP contribution is -2.09. The van der Waals surface area contributed by atoms with E-state index >= 15 is 0 Å². The predicted molar refractivity (Wildman–Crippen MR) is 52.7 cm³/mol. The van der Waals surface area contributed by atoms with Crippen molar-refractivity contribution >= 4 is 0 Å². The molecule has 0 spiro atoms. The van der Waals surface area contributed by atoms with Crippen molar-refractivity contribution in [2.75, 3.05) is 0 Å². The first-order valence-electron chi connectivity index (χ1n) is 4.76. The molecule has 0 radical (unpaired) electrons. The van der Waals surface area contributed by atoms with Gasteiger partial charge in [-0.25, -0.2) is 0 Å². The van der Waals surface area contributed by atoms with Crippen LogP contribution in [0.3, 0.4) is 0 Å². The van der Waals surface area contributed by atoms with Crippen LogP contribution in [0.2, 0.25) is 0 Å². The number of allylic oxidation sites excluding steroid dienone is 1. The largest absolute Gasteiger partial charge is 0.100 e. The van der Waals surface area contributed by atoms with E-state index in [1.165, 1.54) is 24.8 Å². The summed E-state index contributed by atoms with van der Waals surface area (Å²) in [6.45, 7) is 13.0. The molecule has 2 unspecified atom stereocenters. The third-order valence-corrected chi connectivity index (χ3v) is 2.58. The van der Waals surface area contributed by atoms with Crippen molar-refractivity contribution in [2.45, 2.75) is 47.0 Å². The maximum atomic E-state index is 3.96. The first-order chi connectivity index (χ1) is 5.11. The molecule has 0 N–H and O–H groups in total. The van der Waals surface area contributed by atoms with Gasteiger partial charge in [0.1, 0.15) is 0 Å².